The van der Waals surface area contributed by atoms with E-state index in [4.69, 9.17) is 0 Å². The van der Waals surface area contributed by atoms with E-state index < -0.39 is 0 Å². The first-order valence-electron chi connectivity index (χ1n) is 2.99. The molecule has 1 aliphatic rings. The van der Waals surface area contributed by atoms with E-state index in [0.717, 1.165) is 19.4 Å². The Morgan fingerprint density at radius 3 is 2.75 bits per heavy atom. The Labute approximate surface area is 49.3 Å². The molecule has 2 nitrogen and oxygen atoms in total. The molecule has 0 aromatic heterocycles. The first-order valence-corrected chi connectivity index (χ1v) is 2.99. The zero-order valence-corrected chi connectivity index (χ0v) is 5.11. The molecule has 1 rings (SSSR count). The van der Waals surface area contributed by atoms with E-state index in [0.29, 0.717) is 11.7 Å². The number of rotatable bonds is 2. The highest BCUT2D eigenvalue weighted by atomic mass is 16.1. The average molecular weight is 113 g/mol. The third-order valence-electron chi connectivity index (χ3n) is 1.53. The van der Waals surface area contributed by atoms with Gasteiger partial charge in [0.25, 0.3) is 0 Å². The smallest absolute Gasteiger partial charge is 0.133 e. The van der Waals surface area contributed by atoms with E-state index in [1.807, 2.05) is 7.05 Å². The quantitative estimate of drug-likeness (QED) is 0.553. The Morgan fingerprint density at radius 2 is 2.38 bits per heavy atom. The molecule has 1 saturated carbocycles. The SMILES string of the molecule is CNCC1CC(=O)C1. The molecule has 0 aromatic rings. The van der Waals surface area contributed by atoms with Gasteiger partial charge in [0.05, 0.1) is 0 Å². The number of carbonyl (C=O) groups is 1. The van der Waals surface area contributed by atoms with Gasteiger partial charge in [-0.15, -0.1) is 0 Å². The van der Waals surface area contributed by atoms with Crippen LogP contribution in [-0.4, -0.2) is 19.4 Å². The first kappa shape index (κ1) is 5.76. The summed E-state index contributed by atoms with van der Waals surface area (Å²) in [5.74, 6) is 1.07. The maximum atomic E-state index is 10.4. The van der Waals surface area contributed by atoms with Crippen LogP contribution in [0.3, 0.4) is 0 Å². The molecule has 8 heavy (non-hydrogen) atoms. The molecule has 1 aliphatic carbocycles. The highest BCUT2D eigenvalue weighted by molar-refractivity contribution is 5.84. The van der Waals surface area contributed by atoms with Gasteiger partial charge >= 0.3 is 0 Å². The average Bonchev–Trinajstić information content (AvgIpc) is 1.64. The molecule has 0 heterocycles. The first-order chi connectivity index (χ1) is 3.83. The third-order valence-corrected chi connectivity index (χ3v) is 1.53. The lowest BCUT2D eigenvalue weighted by atomic mass is 9.84. The summed E-state index contributed by atoms with van der Waals surface area (Å²) in [6, 6.07) is 0. The molecule has 0 amide bonds. The van der Waals surface area contributed by atoms with E-state index in [2.05, 4.69) is 5.32 Å². The van der Waals surface area contributed by atoms with Crippen LogP contribution in [0.15, 0.2) is 0 Å². The van der Waals surface area contributed by atoms with Crippen molar-refractivity contribution < 1.29 is 4.79 Å². The summed E-state index contributed by atoms with van der Waals surface area (Å²) < 4.78 is 0. The van der Waals surface area contributed by atoms with Crippen molar-refractivity contribution in [3.05, 3.63) is 0 Å². The predicted molar refractivity (Wildman–Crippen MR) is 31.7 cm³/mol. The van der Waals surface area contributed by atoms with Gasteiger partial charge in [-0.05, 0) is 19.5 Å². The van der Waals surface area contributed by atoms with Gasteiger partial charge < -0.3 is 5.32 Å². The summed E-state index contributed by atoms with van der Waals surface area (Å²) >= 11 is 0. The van der Waals surface area contributed by atoms with Crippen LogP contribution in [-0.2, 0) is 4.79 Å². The molecule has 0 spiro atoms. The number of ketones is 1. The maximum Gasteiger partial charge on any atom is 0.133 e. The molecule has 0 aromatic carbocycles. The van der Waals surface area contributed by atoms with Crippen LogP contribution in [0, 0.1) is 5.92 Å². The number of carbonyl (C=O) groups excluding carboxylic acids is 1. The second-order valence-corrected chi connectivity index (χ2v) is 2.37. The number of Topliss-reactive ketones (excluding diaryl/α,β-unsaturated/α-hetero) is 1. The topological polar surface area (TPSA) is 29.1 Å². The minimum atomic E-state index is 0.422. The number of nitrogens with one attached hydrogen (secondary N) is 1. The Kier molecular flexibility index (Phi) is 1.63. The van der Waals surface area contributed by atoms with Crippen LogP contribution in [0.25, 0.3) is 0 Å². The molecular formula is C6H11NO. The van der Waals surface area contributed by atoms with Crippen molar-refractivity contribution in [2.24, 2.45) is 5.92 Å². The molecule has 2 heteroatoms. The molecular weight excluding hydrogens is 102 g/mol. The fraction of sp³-hybridized carbons (Fsp3) is 0.833. The molecule has 0 unspecified atom stereocenters. The molecule has 0 aliphatic heterocycles. The summed E-state index contributed by atoms with van der Waals surface area (Å²) in [7, 11) is 1.92. The zero-order valence-electron chi connectivity index (χ0n) is 5.11. The Morgan fingerprint density at radius 1 is 1.75 bits per heavy atom. The molecule has 1 fully saturated rings. The monoisotopic (exact) mass is 113 g/mol. The second-order valence-electron chi connectivity index (χ2n) is 2.37. The van der Waals surface area contributed by atoms with Crippen molar-refractivity contribution in [2.75, 3.05) is 13.6 Å². The van der Waals surface area contributed by atoms with Crippen LogP contribution < -0.4 is 5.32 Å². The minimum Gasteiger partial charge on any atom is -0.319 e. The van der Waals surface area contributed by atoms with Crippen LogP contribution in [0.1, 0.15) is 12.8 Å². The molecule has 0 bridgehead atoms. The van der Waals surface area contributed by atoms with Gasteiger partial charge in [0.1, 0.15) is 5.78 Å². The van der Waals surface area contributed by atoms with Gasteiger partial charge in [0, 0.05) is 12.8 Å². The van der Waals surface area contributed by atoms with Crippen molar-refractivity contribution in [2.45, 2.75) is 12.8 Å². The largest absolute Gasteiger partial charge is 0.319 e. The van der Waals surface area contributed by atoms with Crippen LogP contribution in [0.5, 0.6) is 0 Å². The van der Waals surface area contributed by atoms with Crippen LogP contribution in [0.4, 0.5) is 0 Å². The highest BCUT2D eigenvalue weighted by Crippen LogP contribution is 2.20. The minimum absolute atomic E-state index is 0.422. The van der Waals surface area contributed by atoms with E-state index in [-0.39, 0.29) is 0 Å². The van der Waals surface area contributed by atoms with Gasteiger partial charge in [-0.25, -0.2) is 0 Å². The molecule has 1 N–H and O–H groups in total. The summed E-state index contributed by atoms with van der Waals surface area (Å²) in [4.78, 5) is 10.4. The lowest BCUT2D eigenvalue weighted by Crippen LogP contribution is -2.31. The number of hydrogen-bond donors (Lipinski definition) is 1. The molecule has 0 saturated heterocycles. The van der Waals surface area contributed by atoms with Crippen LogP contribution >= 0.6 is 0 Å². The zero-order chi connectivity index (χ0) is 5.98. The summed E-state index contributed by atoms with van der Waals surface area (Å²) in [6.45, 7) is 1.01. The van der Waals surface area contributed by atoms with Crippen molar-refractivity contribution in [1.29, 1.82) is 0 Å². The van der Waals surface area contributed by atoms with Gasteiger partial charge in [-0.3, -0.25) is 4.79 Å². The van der Waals surface area contributed by atoms with Crippen molar-refractivity contribution in [3.63, 3.8) is 0 Å². The molecule has 46 valence electrons. The Balaban J connectivity index is 2.06. The predicted octanol–water partition coefficient (Wildman–Crippen LogP) is 0.185. The van der Waals surface area contributed by atoms with E-state index in [9.17, 15) is 4.79 Å². The Bertz CT molecular complexity index is 92.7. The normalized spacial score (nSPS) is 20.9. The van der Waals surface area contributed by atoms with Gasteiger partial charge in [-0.1, -0.05) is 0 Å². The fourth-order valence-corrected chi connectivity index (χ4v) is 1.02. The third kappa shape index (κ3) is 1.07. The lowest BCUT2D eigenvalue weighted by molar-refractivity contribution is -0.126. The Hall–Kier alpha value is -0.370. The van der Waals surface area contributed by atoms with Crippen LogP contribution in [0.2, 0.25) is 0 Å². The van der Waals surface area contributed by atoms with Crippen molar-refractivity contribution in [1.82, 2.24) is 5.32 Å². The van der Waals surface area contributed by atoms with Gasteiger partial charge in [0.2, 0.25) is 0 Å². The second kappa shape index (κ2) is 2.27. The van der Waals surface area contributed by atoms with Gasteiger partial charge in [0.15, 0.2) is 0 Å². The summed E-state index contributed by atoms with van der Waals surface area (Å²) in [5, 5.41) is 3.04. The fourth-order valence-electron chi connectivity index (χ4n) is 1.02. The van der Waals surface area contributed by atoms with Gasteiger partial charge in [-0.2, -0.15) is 0 Å². The van der Waals surface area contributed by atoms with Crippen molar-refractivity contribution in [3.8, 4) is 0 Å². The van der Waals surface area contributed by atoms with E-state index in [1.54, 1.807) is 0 Å². The highest BCUT2D eigenvalue weighted by Gasteiger charge is 2.24. The summed E-state index contributed by atoms with van der Waals surface area (Å²) in [5.41, 5.74) is 0. The molecule has 0 atom stereocenters. The van der Waals surface area contributed by atoms with Crippen molar-refractivity contribution >= 4 is 5.78 Å². The van der Waals surface area contributed by atoms with E-state index >= 15 is 0 Å². The summed E-state index contributed by atoms with van der Waals surface area (Å²) in [6.07, 6.45) is 1.61. The lowest BCUT2D eigenvalue weighted by Gasteiger charge is -2.22. The molecule has 0 radical (unpaired) electrons. The number of hydrogen-bond acceptors (Lipinski definition) is 2. The standard InChI is InChI=1S/C6H11NO/c1-7-4-5-2-6(8)3-5/h5,7H,2-4H2,1H3. The maximum absolute atomic E-state index is 10.4. The van der Waals surface area contributed by atoms with E-state index in [1.165, 1.54) is 0 Å².